The fourth-order valence-electron chi connectivity index (χ4n) is 2.71. The van der Waals surface area contributed by atoms with E-state index < -0.39 is 0 Å². The number of aromatic nitrogens is 3. The van der Waals surface area contributed by atoms with Crippen molar-refractivity contribution in [2.24, 2.45) is 7.05 Å². The first kappa shape index (κ1) is 14.6. The van der Waals surface area contributed by atoms with Crippen LogP contribution in [-0.2, 0) is 7.05 Å². The second kappa shape index (κ2) is 6.17. The molecule has 0 radical (unpaired) electrons. The summed E-state index contributed by atoms with van der Waals surface area (Å²) in [6, 6.07) is 9.81. The summed E-state index contributed by atoms with van der Waals surface area (Å²) in [6.45, 7) is 3.15. The summed E-state index contributed by atoms with van der Waals surface area (Å²) in [5.74, 6) is 1.85. The van der Waals surface area contributed by atoms with Gasteiger partial charge in [-0.25, -0.2) is 9.67 Å². The molecule has 1 aliphatic rings. The molecule has 0 aliphatic carbocycles. The maximum absolute atomic E-state index is 12.5. The van der Waals surface area contributed by atoms with Crippen molar-refractivity contribution < 1.29 is 9.53 Å². The predicted molar refractivity (Wildman–Crippen MR) is 81.7 cm³/mol. The molecule has 0 unspecified atom stereocenters. The number of benzene rings is 1. The Bertz CT molecular complexity index is 645. The van der Waals surface area contributed by atoms with E-state index in [0.29, 0.717) is 24.7 Å². The summed E-state index contributed by atoms with van der Waals surface area (Å²) in [7, 11) is 1.75. The van der Waals surface area contributed by atoms with Crippen molar-refractivity contribution in [2.45, 2.75) is 25.9 Å². The molecule has 1 aliphatic heterocycles. The Morgan fingerprint density at radius 3 is 2.50 bits per heavy atom. The molecule has 1 saturated heterocycles. The van der Waals surface area contributed by atoms with E-state index in [0.717, 1.165) is 18.6 Å². The van der Waals surface area contributed by atoms with Gasteiger partial charge in [-0.15, -0.1) is 0 Å². The number of hydrogen-bond donors (Lipinski definition) is 0. The van der Waals surface area contributed by atoms with Crippen LogP contribution < -0.4 is 4.74 Å². The Morgan fingerprint density at radius 2 is 1.91 bits per heavy atom. The molecule has 1 fully saturated rings. The monoisotopic (exact) mass is 300 g/mol. The second-order valence-corrected chi connectivity index (χ2v) is 5.53. The Labute approximate surface area is 129 Å². The van der Waals surface area contributed by atoms with Crippen LogP contribution in [0.5, 0.6) is 5.75 Å². The van der Waals surface area contributed by atoms with E-state index in [9.17, 15) is 4.79 Å². The van der Waals surface area contributed by atoms with Crippen molar-refractivity contribution in [2.75, 3.05) is 13.1 Å². The van der Waals surface area contributed by atoms with Crippen LogP contribution in [0.15, 0.2) is 30.3 Å². The number of para-hydroxylation sites is 1. The topological polar surface area (TPSA) is 60.3 Å². The number of ether oxygens (including phenoxy) is 1. The highest BCUT2D eigenvalue weighted by Gasteiger charge is 2.27. The molecular formula is C16H20N4O2. The van der Waals surface area contributed by atoms with Crippen LogP contribution in [-0.4, -0.2) is 44.8 Å². The van der Waals surface area contributed by atoms with Crippen molar-refractivity contribution in [3.8, 4) is 5.75 Å². The normalized spacial score (nSPS) is 15.8. The van der Waals surface area contributed by atoms with Gasteiger partial charge >= 0.3 is 0 Å². The zero-order valence-corrected chi connectivity index (χ0v) is 12.9. The van der Waals surface area contributed by atoms with E-state index in [2.05, 4.69) is 10.1 Å². The fourth-order valence-corrected chi connectivity index (χ4v) is 2.71. The summed E-state index contributed by atoms with van der Waals surface area (Å²) in [4.78, 5) is 18.5. The summed E-state index contributed by atoms with van der Waals surface area (Å²) < 4.78 is 7.49. The zero-order valence-electron chi connectivity index (χ0n) is 12.9. The number of piperidine rings is 1. The SMILES string of the molecule is Cc1nc(C(=O)N2CCC(Oc3ccccc3)CC2)n(C)n1. The fraction of sp³-hybridized carbons (Fsp3) is 0.438. The Balaban J connectivity index is 1.57. The van der Waals surface area contributed by atoms with Gasteiger partial charge in [0.25, 0.3) is 5.91 Å². The zero-order chi connectivity index (χ0) is 15.5. The number of carbonyl (C=O) groups excluding carboxylic acids is 1. The number of hydrogen-bond acceptors (Lipinski definition) is 4. The van der Waals surface area contributed by atoms with Crippen molar-refractivity contribution in [3.05, 3.63) is 42.0 Å². The molecule has 1 amide bonds. The van der Waals surface area contributed by atoms with E-state index in [4.69, 9.17) is 4.74 Å². The van der Waals surface area contributed by atoms with Crippen LogP contribution in [0, 0.1) is 6.92 Å². The lowest BCUT2D eigenvalue weighted by molar-refractivity contribution is 0.0580. The molecule has 2 heterocycles. The average molecular weight is 300 g/mol. The molecule has 3 rings (SSSR count). The first-order chi connectivity index (χ1) is 10.6. The molecule has 2 aromatic rings. The predicted octanol–water partition coefficient (Wildman–Crippen LogP) is 1.81. The maximum Gasteiger partial charge on any atom is 0.291 e. The largest absolute Gasteiger partial charge is 0.490 e. The number of amides is 1. The van der Waals surface area contributed by atoms with Crippen LogP contribution in [0.25, 0.3) is 0 Å². The lowest BCUT2D eigenvalue weighted by Gasteiger charge is -2.31. The molecule has 22 heavy (non-hydrogen) atoms. The lowest BCUT2D eigenvalue weighted by atomic mass is 10.1. The summed E-state index contributed by atoms with van der Waals surface area (Å²) in [5.41, 5.74) is 0. The van der Waals surface area contributed by atoms with E-state index in [1.165, 1.54) is 0 Å². The molecule has 0 spiro atoms. The number of rotatable bonds is 3. The van der Waals surface area contributed by atoms with Crippen LogP contribution in [0.2, 0.25) is 0 Å². The minimum Gasteiger partial charge on any atom is -0.490 e. The third-order valence-electron chi connectivity index (χ3n) is 3.84. The molecule has 116 valence electrons. The lowest BCUT2D eigenvalue weighted by Crippen LogP contribution is -2.42. The van der Waals surface area contributed by atoms with Gasteiger partial charge in [0.2, 0.25) is 5.82 Å². The minimum absolute atomic E-state index is 0.0544. The minimum atomic E-state index is -0.0544. The molecule has 0 atom stereocenters. The molecule has 1 aromatic carbocycles. The highest BCUT2D eigenvalue weighted by atomic mass is 16.5. The average Bonchev–Trinajstić information content (AvgIpc) is 2.87. The van der Waals surface area contributed by atoms with E-state index in [-0.39, 0.29) is 12.0 Å². The second-order valence-electron chi connectivity index (χ2n) is 5.53. The van der Waals surface area contributed by atoms with Crippen LogP contribution >= 0.6 is 0 Å². The van der Waals surface area contributed by atoms with E-state index in [1.807, 2.05) is 35.2 Å². The first-order valence-corrected chi connectivity index (χ1v) is 7.52. The van der Waals surface area contributed by atoms with Crippen LogP contribution in [0.3, 0.4) is 0 Å². The van der Waals surface area contributed by atoms with Gasteiger partial charge in [0.05, 0.1) is 0 Å². The molecule has 0 bridgehead atoms. The van der Waals surface area contributed by atoms with Crippen LogP contribution in [0.1, 0.15) is 29.3 Å². The number of carbonyl (C=O) groups is 1. The Kier molecular flexibility index (Phi) is 4.09. The summed E-state index contributed by atoms with van der Waals surface area (Å²) >= 11 is 0. The van der Waals surface area contributed by atoms with Crippen LogP contribution in [0.4, 0.5) is 0 Å². The highest BCUT2D eigenvalue weighted by molar-refractivity contribution is 5.90. The molecular weight excluding hydrogens is 280 g/mol. The highest BCUT2D eigenvalue weighted by Crippen LogP contribution is 2.19. The number of aryl methyl sites for hydroxylation is 2. The van der Waals surface area contributed by atoms with Gasteiger partial charge in [-0.1, -0.05) is 18.2 Å². The van der Waals surface area contributed by atoms with Crippen molar-refractivity contribution in [3.63, 3.8) is 0 Å². The Hall–Kier alpha value is -2.37. The number of nitrogens with zero attached hydrogens (tertiary/aromatic N) is 4. The maximum atomic E-state index is 12.5. The van der Waals surface area contributed by atoms with Gasteiger partial charge < -0.3 is 9.64 Å². The van der Waals surface area contributed by atoms with Gasteiger partial charge in [-0.05, 0) is 19.1 Å². The quantitative estimate of drug-likeness (QED) is 0.867. The molecule has 1 aromatic heterocycles. The van der Waals surface area contributed by atoms with Crippen molar-refractivity contribution in [1.29, 1.82) is 0 Å². The van der Waals surface area contributed by atoms with Gasteiger partial charge in [-0.2, -0.15) is 5.10 Å². The van der Waals surface area contributed by atoms with Crippen molar-refractivity contribution >= 4 is 5.91 Å². The van der Waals surface area contributed by atoms with Crippen molar-refractivity contribution in [1.82, 2.24) is 19.7 Å². The van der Waals surface area contributed by atoms with Gasteiger partial charge in [0, 0.05) is 33.0 Å². The molecule has 0 N–H and O–H groups in total. The molecule has 6 heteroatoms. The van der Waals surface area contributed by atoms with Gasteiger partial charge in [0.15, 0.2) is 0 Å². The van der Waals surface area contributed by atoms with E-state index >= 15 is 0 Å². The third kappa shape index (κ3) is 3.10. The summed E-state index contributed by atoms with van der Waals surface area (Å²) in [6.07, 6.45) is 1.82. The van der Waals surface area contributed by atoms with Gasteiger partial charge in [0.1, 0.15) is 17.7 Å². The summed E-state index contributed by atoms with van der Waals surface area (Å²) in [5, 5.41) is 4.13. The number of likely N-dealkylation sites (tertiary alicyclic amines) is 1. The third-order valence-corrected chi connectivity index (χ3v) is 3.84. The molecule has 6 nitrogen and oxygen atoms in total. The van der Waals surface area contributed by atoms with E-state index in [1.54, 1.807) is 18.7 Å². The Morgan fingerprint density at radius 1 is 1.23 bits per heavy atom. The van der Waals surface area contributed by atoms with Gasteiger partial charge in [-0.3, -0.25) is 4.79 Å². The first-order valence-electron chi connectivity index (χ1n) is 7.52. The smallest absolute Gasteiger partial charge is 0.291 e. The standard InChI is InChI=1S/C16H20N4O2/c1-12-17-15(19(2)18-12)16(21)20-10-8-14(9-11-20)22-13-6-4-3-5-7-13/h3-7,14H,8-11H2,1-2H3. The molecule has 0 saturated carbocycles.